The van der Waals surface area contributed by atoms with Crippen LogP contribution in [0.15, 0.2) is 67.0 Å². The average molecular weight is 437 g/mol. The second-order valence-electron chi connectivity index (χ2n) is 6.86. The van der Waals surface area contributed by atoms with Crippen LogP contribution >= 0.6 is 11.6 Å². The van der Waals surface area contributed by atoms with Gasteiger partial charge in [0.2, 0.25) is 0 Å². The van der Waals surface area contributed by atoms with E-state index in [2.05, 4.69) is 10.3 Å². The van der Waals surface area contributed by atoms with Crippen LogP contribution in [0.2, 0.25) is 5.02 Å². The first-order valence-electron chi connectivity index (χ1n) is 9.31. The third kappa shape index (κ3) is 4.65. The van der Waals surface area contributed by atoms with Gasteiger partial charge in [-0.15, -0.1) is 0 Å². The van der Waals surface area contributed by atoms with Crippen LogP contribution in [-0.2, 0) is 4.79 Å². The number of fused-ring (bicyclic) bond motifs is 1. The van der Waals surface area contributed by atoms with Crippen LogP contribution in [0.5, 0.6) is 5.75 Å². The highest BCUT2D eigenvalue weighted by atomic mass is 35.5. The van der Waals surface area contributed by atoms with E-state index in [1.807, 2.05) is 25.1 Å². The molecule has 0 bridgehead atoms. The Bertz CT molecular complexity index is 1280. The first kappa shape index (κ1) is 20.4. The van der Waals surface area contributed by atoms with E-state index in [0.717, 1.165) is 11.1 Å². The molecule has 0 aliphatic carbocycles. The predicted octanol–water partition coefficient (Wildman–Crippen LogP) is 4.89. The summed E-state index contributed by atoms with van der Waals surface area (Å²) in [7, 11) is 0. The Balaban J connectivity index is 1.40. The molecule has 1 N–H and O–H groups in total. The molecule has 0 saturated heterocycles. The molecule has 0 atom stereocenters. The number of pyridine rings is 1. The second kappa shape index (κ2) is 8.45. The molecule has 0 aliphatic rings. The largest absolute Gasteiger partial charge is 0.484 e. The highest BCUT2D eigenvalue weighted by Gasteiger charge is 2.10. The number of halogens is 1. The lowest BCUT2D eigenvalue weighted by atomic mass is 10.2. The Kier molecular flexibility index (Phi) is 5.55. The molecule has 2 aromatic carbocycles. The van der Waals surface area contributed by atoms with E-state index in [1.54, 1.807) is 40.9 Å². The number of imidazole rings is 1. The van der Waals surface area contributed by atoms with Gasteiger partial charge in [0.05, 0.1) is 16.8 Å². The zero-order chi connectivity index (χ0) is 22.0. The second-order valence-corrected chi connectivity index (χ2v) is 7.27. The van der Waals surface area contributed by atoms with E-state index in [9.17, 15) is 14.9 Å². The smallest absolute Gasteiger partial charge is 0.286 e. The Morgan fingerprint density at radius 3 is 2.65 bits per heavy atom. The van der Waals surface area contributed by atoms with Gasteiger partial charge in [0, 0.05) is 28.5 Å². The van der Waals surface area contributed by atoms with Gasteiger partial charge in [0.1, 0.15) is 11.4 Å². The fourth-order valence-electron chi connectivity index (χ4n) is 2.97. The maximum Gasteiger partial charge on any atom is 0.286 e. The summed E-state index contributed by atoms with van der Waals surface area (Å²) in [5.74, 6) is 0.228. The van der Waals surface area contributed by atoms with Crippen LogP contribution in [0.4, 0.5) is 11.4 Å². The van der Waals surface area contributed by atoms with Gasteiger partial charge in [-0.3, -0.25) is 19.3 Å². The van der Waals surface area contributed by atoms with Crippen molar-refractivity contribution < 1.29 is 14.5 Å². The number of hydrogen-bond acceptors (Lipinski definition) is 5. The number of amides is 1. The van der Waals surface area contributed by atoms with E-state index in [0.29, 0.717) is 27.8 Å². The third-order valence-corrected chi connectivity index (χ3v) is 5.03. The number of hydrogen-bond donors (Lipinski definition) is 1. The number of benzene rings is 2. The monoisotopic (exact) mass is 436 g/mol. The Labute approximate surface area is 182 Å². The van der Waals surface area contributed by atoms with Crippen molar-refractivity contribution in [2.45, 2.75) is 6.92 Å². The number of nitrogens with one attached hydrogen (secondary N) is 1. The van der Waals surface area contributed by atoms with Gasteiger partial charge in [-0.05, 0) is 55.0 Å². The fourth-order valence-corrected chi connectivity index (χ4v) is 3.15. The van der Waals surface area contributed by atoms with Crippen LogP contribution in [0.1, 0.15) is 5.56 Å². The van der Waals surface area contributed by atoms with Crippen molar-refractivity contribution in [2.24, 2.45) is 0 Å². The minimum Gasteiger partial charge on any atom is -0.484 e. The van der Waals surface area contributed by atoms with Gasteiger partial charge in [0.15, 0.2) is 6.61 Å². The van der Waals surface area contributed by atoms with E-state index in [1.165, 1.54) is 12.3 Å². The zero-order valence-electron chi connectivity index (χ0n) is 16.4. The maximum absolute atomic E-state index is 12.1. The van der Waals surface area contributed by atoms with E-state index in [4.69, 9.17) is 16.3 Å². The summed E-state index contributed by atoms with van der Waals surface area (Å²) in [6, 6.07) is 15.4. The number of anilines is 1. The lowest BCUT2D eigenvalue weighted by molar-refractivity contribution is -0.385. The Morgan fingerprint density at radius 1 is 1.16 bits per heavy atom. The van der Waals surface area contributed by atoms with Gasteiger partial charge >= 0.3 is 0 Å². The summed E-state index contributed by atoms with van der Waals surface area (Å²) in [6.45, 7) is 1.74. The normalized spacial score (nSPS) is 10.8. The van der Waals surface area contributed by atoms with Crippen molar-refractivity contribution in [3.8, 4) is 17.0 Å². The molecule has 2 aromatic heterocycles. The molecule has 0 aliphatic heterocycles. The molecule has 2 heterocycles. The molecule has 4 aromatic rings. The Morgan fingerprint density at radius 2 is 1.94 bits per heavy atom. The molecule has 0 spiro atoms. The van der Waals surface area contributed by atoms with Crippen LogP contribution in [0, 0.1) is 17.0 Å². The summed E-state index contributed by atoms with van der Waals surface area (Å²) < 4.78 is 7.15. The summed E-state index contributed by atoms with van der Waals surface area (Å²) >= 11 is 6.06. The highest BCUT2D eigenvalue weighted by molar-refractivity contribution is 6.31. The lowest BCUT2D eigenvalue weighted by Crippen LogP contribution is -2.20. The summed E-state index contributed by atoms with van der Waals surface area (Å²) in [6.07, 6.45) is 3.14. The number of carbonyl (C=O) groups excluding carboxylic acids is 1. The first-order chi connectivity index (χ1) is 14.9. The number of ether oxygens (including phenoxy) is 1. The lowest BCUT2D eigenvalue weighted by Gasteiger charge is -2.09. The molecule has 8 nitrogen and oxygen atoms in total. The van der Waals surface area contributed by atoms with Crippen LogP contribution in [-0.4, -0.2) is 26.8 Å². The minimum atomic E-state index is -0.450. The van der Waals surface area contributed by atoms with E-state index >= 15 is 0 Å². The quantitative estimate of drug-likeness (QED) is 0.342. The van der Waals surface area contributed by atoms with Gasteiger partial charge in [-0.25, -0.2) is 4.98 Å². The molecule has 0 fully saturated rings. The van der Waals surface area contributed by atoms with Crippen molar-refractivity contribution in [1.82, 2.24) is 9.38 Å². The van der Waals surface area contributed by atoms with Gasteiger partial charge in [-0.1, -0.05) is 17.7 Å². The number of aryl methyl sites for hydroxylation is 1. The first-order valence-corrected chi connectivity index (χ1v) is 9.69. The van der Waals surface area contributed by atoms with Crippen molar-refractivity contribution in [3.63, 3.8) is 0 Å². The van der Waals surface area contributed by atoms with Gasteiger partial charge < -0.3 is 10.1 Å². The maximum atomic E-state index is 12.1. The number of nitro groups is 1. The van der Waals surface area contributed by atoms with Crippen LogP contribution < -0.4 is 10.1 Å². The van der Waals surface area contributed by atoms with Gasteiger partial charge in [0.25, 0.3) is 11.6 Å². The number of nitrogens with zero attached hydrogens (tertiary/aromatic N) is 3. The molecule has 0 unspecified atom stereocenters. The molecular formula is C22H17ClN4O4. The molecule has 9 heteroatoms. The average Bonchev–Trinajstić information content (AvgIpc) is 3.18. The van der Waals surface area contributed by atoms with Gasteiger partial charge in [-0.2, -0.15) is 0 Å². The molecular weight excluding hydrogens is 420 g/mol. The summed E-state index contributed by atoms with van der Waals surface area (Å²) in [4.78, 5) is 27.1. The zero-order valence-corrected chi connectivity index (χ0v) is 17.2. The molecule has 0 saturated carbocycles. The SMILES string of the molecule is Cc1ccc(NC(=O)COc2ccc(-c3cn4cc([N+](=O)[O-])ccc4n3)cc2)cc1Cl. The highest BCUT2D eigenvalue weighted by Crippen LogP contribution is 2.24. The number of rotatable bonds is 6. The summed E-state index contributed by atoms with van der Waals surface area (Å²) in [5.41, 5.74) is 3.62. The van der Waals surface area contributed by atoms with E-state index < -0.39 is 4.92 Å². The Hall–Kier alpha value is -3.91. The number of carbonyl (C=O) groups is 1. The van der Waals surface area contributed by atoms with Crippen molar-refractivity contribution in [1.29, 1.82) is 0 Å². The van der Waals surface area contributed by atoms with E-state index in [-0.39, 0.29) is 18.2 Å². The van der Waals surface area contributed by atoms with Crippen molar-refractivity contribution in [2.75, 3.05) is 11.9 Å². The standard InChI is InChI=1S/C22H17ClN4O4/c1-14-2-5-16(10-19(14)23)24-22(28)13-31-18-7-3-15(4-8-18)20-12-26-11-17(27(29)30)6-9-21(26)25-20/h2-12H,13H2,1H3,(H,24,28). The molecule has 4 rings (SSSR count). The van der Waals surface area contributed by atoms with Crippen LogP contribution in [0.3, 0.4) is 0 Å². The molecule has 1 amide bonds. The van der Waals surface area contributed by atoms with Crippen LogP contribution in [0.25, 0.3) is 16.9 Å². The molecule has 156 valence electrons. The molecule has 0 radical (unpaired) electrons. The number of aromatic nitrogens is 2. The third-order valence-electron chi connectivity index (χ3n) is 4.62. The van der Waals surface area contributed by atoms with Crippen molar-refractivity contribution in [3.05, 3.63) is 87.7 Å². The van der Waals surface area contributed by atoms with Crippen molar-refractivity contribution >= 4 is 34.5 Å². The fraction of sp³-hybridized carbons (Fsp3) is 0.0909. The summed E-state index contributed by atoms with van der Waals surface area (Å²) in [5, 5.41) is 14.2. The molecule has 31 heavy (non-hydrogen) atoms. The topological polar surface area (TPSA) is 98.8 Å². The predicted molar refractivity (Wildman–Crippen MR) is 118 cm³/mol. The minimum absolute atomic E-state index is 0.00798.